The molecule has 0 spiro atoms. The summed E-state index contributed by atoms with van der Waals surface area (Å²) in [6.45, 7) is 8.00. The van der Waals surface area contributed by atoms with Gasteiger partial charge in [-0.15, -0.1) is 0 Å². The van der Waals surface area contributed by atoms with Gasteiger partial charge in [-0.2, -0.15) is 0 Å². The number of aryl methyl sites for hydroxylation is 2. The van der Waals surface area contributed by atoms with Crippen molar-refractivity contribution in [1.82, 2.24) is 15.3 Å². The molecule has 8 heteroatoms. The fraction of sp³-hybridized carbons (Fsp3) is 0.258. The Morgan fingerprint density at radius 1 is 1.05 bits per heavy atom. The number of nitrogens with one attached hydrogen (secondary N) is 1. The molecule has 39 heavy (non-hydrogen) atoms. The van der Waals surface area contributed by atoms with Gasteiger partial charge in [0.1, 0.15) is 23.8 Å². The number of aromatic nitrogens is 2. The number of nitrogens with zero attached hydrogens (tertiary/aromatic N) is 2. The van der Waals surface area contributed by atoms with Crippen molar-refractivity contribution in [3.05, 3.63) is 105 Å². The summed E-state index contributed by atoms with van der Waals surface area (Å²) in [5, 5.41) is 3.01. The van der Waals surface area contributed by atoms with E-state index in [-0.39, 0.29) is 24.2 Å². The van der Waals surface area contributed by atoms with E-state index in [2.05, 4.69) is 15.3 Å². The second-order valence-electron chi connectivity index (χ2n) is 10.4. The van der Waals surface area contributed by atoms with Gasteiger partial charge in [0.25, 0.3) is 5.91 Å². The lowest BCUT2D eigenvalue weighted by molar-refractivity contribution is 0.0857. The van der Waals surface area contributed by atoms with Gasteiger partial charge in [-0.25, -0.2) is 14.4 Å². The van der Waals surface area contributed by atoms with Crippen LogP contribution in [0.1, 0.15) is 75.5 Å². The quantitative estimate of drug-likeness (QED) is 0.335. The van der Waals surface area contributed by atoms with Gasteiger partial charge < -0.3 is 20.5 Å². The smallest absolute Gasteiger partial charge is 0.251 e. The third-order valence-electron chi connectivity index (χ3n) is 7.34. The Hall–Kier alpha value is -4.30. The van der Waals surface area contributed by atoms with Gasteiger partial charge in [-0.3, -0.25) is 4.79 Å². The highest BCUT2D eigenvalue weighted by Crippen LogP contribution is 2.55. The summed E-state index contributed by atoms with van der Waals surface area (Å²) < 4.78 is 26.8. The molecule has 6 rings (SSSR count). The van der Waals surface area contributed by atoms with Crippen LogP contribution in [0.15, 0.2) is 54.7 Å². The van der Waals surface area contributed by atoms with Crippen molar-refractivity contribution in [3.8, 4) is 17.0 Å². The molecule has 4 aromatic rings. The van der Waals surface area contributed by atoms with E-state index in [4.69, 9.17) is 15.2 Å². The first kappa shape index (κ1) is 25.0. The van der Waals surface area contributed by atoms with Crippen molar-refractivity contribution in [2.45, 2.75) is 52.6 Å². The number of benzene rings is 2. The van der Waals surface area contributed by atoms with Crippen LogP contribution in [0.25, 0.3) is 11.1 Å². The van der Waals surface area contributed by atoms with E-state index in [0.29, 0.717) is 29.4 Å². The summed E-state index contributed by atoms with van der Waals surface area (Å²) in [6, 6.07) is 15.0. The lowest BCUT2D eigenvalue weighted by atomic mass is 9.84. The monoisotopic (exact) mass is 524 g/mol. The SMILES string of the molecule is Cc1cc(N)nc(C)c1CNC(=O)c1ccc2c(c1)C1OC2c2ccc(-c3cc(OC(C)C)ncc3F)cc21. The molecule has 0 saturated carbocycles. The number of fused-ring (bicyclic) bond motifs is 8. The summed E-state index contributed by atoms with van der Waals surface area (Å²) in [6.07, 6.45) is 0.584. The number of carbonyl (C=O) groups excluding carboxylic acids is 1. The molecule has 2 aromatic carbocycles. The minimum Gasteiger partial charge on any atom is -0.475 e. The molecule has 2 bridgehead atoms. The Morgan fingerprint density at radius 3 is 2.51 bits per heavy atom. The standard InChI is InChI=1S/C31H29FN4O3/c1-15(2)38-28-12-22(26(32)14-34-28)18-5-7-20-23(10-18)30-24-11-19(6-8-21(24)29(20)39-30)31(37)35-13-25-16(3)9-27(33)36-17(25)4/h5-12,14-15,29-30H,13H2,1-4H3,(H2,33,36)(H,35,37). The normalized spacial score (nSPS) is 16.8. The number of hydrogen-bond acceptors (Lipinski definition) is 6. The van der Waals surface area contributed by atoms with Crippen LogP contribution in [0.4, 0.5) is 10.2 Å². The molecule has 2 aliphatic heterocycles. The molecule has 0 radical (unpaired) electrons. The van der Waals surface area contributed by atoms with E-state index in [9.17, 15) is 9.18 Å². The Balaban J connectivity index is 1.26. The third kappa shape index (κ3) is 4.40. The van der Waals surface area contributed by atoms with Gasteiger partial charge in [0.05, 0.1) is 12.3 Å². The maximum atomic E-state index is 14.8. The summed E-state index contributed by atoms with van der Waals surface area (Å²) >= 11 is 0. The molecule has 2 unspecified atom stereocenters. The maximum absolute atomic E-state index is 14.8. The number of rotatable bonds is 6. The van der Waals surface area contributed by atoms with E-state index in [1.54, 1.807) is 12.1 Å². The van der Waals surface area contributed by atoms with Crippen molar-refractivity contribution < 1.29 is 18.7 Å². The molecule has 2 atom stereocenters. The molecule has 2 aromatic heterocycles. The number of anilines is 1. The Labute approximate surface area is 226 Å². The predicted molar refractivity (Wildman–Crippen MR) is 146 cm³/mol. The van der Waals surface area contributed by atoms with Crippen molar-refractivity contribution in [3.63, 3.8) is 0 Å². The summed E-state index contributed by atoms with van der Waals surface area (Å²) in [5.41, 5.74) is 14.3. The van der Waals surface area contributed by atoms with E-state index in [0.717, 1.165) is 44.6 Å². The zero-order chi connectivity index (χ0) is 27.4. The Bertz CT molecular complexity index is 1610. The number of amides is 1. The Kier molecular flexibility index (Phi) is 6.07. The first-order valence-corrected chi connectivity index (χ1v) is 13.0. The minimum atomic E-state index is -0.420. The highest BCUT2D eigenvalue weighted by Gasteiger charge is 2.43. The molecule has 1 amide bonds. The van der Waals surface area contributed by atoms with Crippen LogP contribution >= 0.6 is 0 Å². The van der Waals surface area contributed by atoms with Crippen molar-refractivity contribution >= 4 is 11.7 Å². The van der Waals surface area contributed by atoms with Crippen LogP contribution in [0.2, 0.25) is 0 Å². The molecule has 4 heterocycles. The summed E-state index contributed by atoms with van der Waals surface area (Å²) in [4.78, 5) is 21.4. The number of nitrogen functional groups attached to an aromatic ring is 1. The molecule has 2 aliphatic rings. The first-order valence-electron chi connectivity index (χ1n) is 13.0. The fourth-order valence-electron chi connectivity index (χ4n) is 5.53. The lowest BCUT2D eigenvalue weighted by Crippen LogP contribution is -2.24. The van der Waals surface area contributed by atoms with Crippen molar-refractivity contribution in [2.24, 2.45) is 0 Å². The Morgan fingerprint density at radius 2 is 1.77 bits per heavy atom. The number of halogens is 1. The van der Waals surface area contributed by atoms with Crippen molar-refractivity contribution in [1.29, 1.82) is 0 Å². The van der Waals surface area contributed by atoms with Crippen LogP contribution in [0, 0.1) is 19.7 Å². The van der Waals surface area contributed by atoms with Gasteiger partial charge in [-0.1, -0.05) is 18.2 Å². The molecular formula is C31H29FN4O3. The molecule has 0 saturated heterocycles. The van der Waals surface area contributed by atoms with Crippen LogP contribution in [-0.2, 0) is 11.3 Å². The third-order valence-corrected chi connectivity index (χ3v) is 7.34. The van der Waals surface area contributed by atoms with E-state index in [1.807, 2.05) is 64.1 Å². The second-order valence-corrected chi connectivity index (χ2v) is 10.4. The van der Waals surface area contributed by atoms with Crippen LogP contribution in [0.3, 0.4) is 0 Å². The summed E-state index contributed by atoms with van der Waals surface area (Å²) in [5.74, 6) is 0.243. The van der Waals surface area contributed by atoms with Crippen LogP contribution < -0.4 is 15.8 Å². The average Bonchev–Trinajstić information content (AvgIpc) is 3.45. The number of ether oxygens (including phenoxy) is 2. The highest BCUT2D eigenvalue weighted by molar-refractivity contribution is 5.94. The van der Waals surface area contributed by atoms with Gasteiger partial charge >= 0.3 is 0 Å². The second kappa shape index (κ2) is 9.47. The van der Waals surface area contributed by atoms with Crippen LogP contribution in [-0.4, -0.2) is 22.0 Å². The summed E-state index contributed by atoms with van der Waals surface area (Å²) in [7, 11) is 0. The van der Waals surface area contributed by atoms with Gasteiger partial charge in [-0.05, 0) is 90.9 Å². The number of hydrogen-bond donors (Lipinski definition) is 2. The maximum Gasteiger partial charge on any atom is 0.251 e. The van der Waals surface area contributed by atoms with Crippen LogP contribution in [0.5, 0.6) is 5.88 Å². The lowest BCUT2D eigenvalue weighted by Gasteiger charge is -2.18. The average molecular weight is 525 g/mol. The van der Waals surface area contributed by atoms with Gasteiger partial charge in [0, 0.05) is 29.4 Å². The van der Waals surface area contributed by atoms with E-state index in [1.165, 1.54) is 6.20 Å². The molecule has 198 valence electrons. The zero-order valence-corrected chi connectivity index (χ0v) is 22.2. The minimum absolute atomic E-state index is 0.0703. The predicted octanol–water partition coefficient (Wildman–Crippen LogP) is 5.72. The molecule has 3 N–H and O–H groups in total. The highest BCUT2D eigenvalue weighted by atomic mass is 19.1. The largest absolute Gasteiger partial charge is 0.475 e. The molecule has 0 aliphatic carbocycles. The van der Waals surface area contributed by atoms with E-state index >= 15 is 0 Å². The van der Waals surface area contributed by atoms with E-state index < -0.39 is 5.82 Å². The van der Waals surface area contributed by atoms with Crippen molar-refractivity contribution in [2.75, 3.05) is 5.73 Å². The van der Waals surface area contributed by atoms with Gasteiger partial charge in [0.15, 0.2) is 0 Å². The fourth-order valence-corrected chi connectivity index (χ4v) is 5.53. The molecule has 0 fully saturated rings. The number of pyridine rings is 2. The molecular weight excluding hydrogens is 495 g/mol. The molecule has 7 nitrogen and oxygen atoms in total. The topological polar surface area (TPSA) is 99.4 Å². The number of nitrogens with two attached hydrogens (primary N) is 1. The zero-order valence-electron chi connectivity index (χ0n) is 22.2. The number of carbonyl (C=O) groups is 1. The first-order chi connectivity index (χ1) is 18.7. The van der Waals surface area contributed by atoms with Gasteiger partial charge in [0.2, 0.25) is 5.88 Å².